The van der Waals surface area contributed by atoms with Gasteiger partial charge in [0, 0.05) is 6.54 Å². The Morgan fingerprint density at radius 2 is 2.06 bits per heavy atom. The van der Waals surface area contributed by atoms with E-state index >= 15 is 0 Å². The van der Waals surface area contributed by atoms with Crippen molar-refractivity contribution in [3.63, 3.8) is 0 Å². The molecule has 168 valence electrons. The van der Waals surface area contributed by atoms with Crippen molar-refractivity contribution in [2.45, 2.75) is 43.6 Å². The molecule has 2 aliphatic heterocycles. The van der Waals surface area contributed by atoms with E-state index in [-0.39, 0.29) is 30.3 Å². The number of carbonyl (C=O) groups excluding carboxylic acids is 3. The van der Waals surface area contributed by atoms with Gasteiger partial charge in [0.1, 0.15) is 11.4 Å². The molecule has 0 spiro atoms. The predicted octanol–water partition coefficient (Wildman–Crippen LogP) is 0.580. The molecule has 3 amide bonds. The van der Waals surface area contributed by atoms with Crippen molar-refractivity contribution in [2.75, 3.05) is 31.1 Å². The second kappa shape index (κ2) is 7.93. The molecule has 1 aromatic rings. The normalized spacial score (nSPS) is 24.7. The summed E-state index contributed by atoms with van der Waals surface area (Å²) >= 11 is 0. The Balaban J connectivity index is 1.54. The van der Waals surface area contributed by atoms with E-state index in [4.69, 9.17) is 10.5 Å². The Morgan fingerprint density at radius 3 is 2.68 bits per heavy atom. The maximum absolute atomic E-state index is 13.3. The summed E-state index contributed by atoms with van der Waals surface area (Å²) in [6.07, 6.45) is 2.16. The van der Waals surface area contributed by atoms with E-state index in [1.165, 1.54) is 17.0 Å². The number of ether oxygens (including phenoxy) is 1. The maximum atomic E-state index is 13.3. The van der Waals surface area contributed by atoms with Gasteiger partial charge in [0.2, 0.25) is 17.7 Å². The second-order valence-corrected chi connectivity index (χ2v) is 8.64. The van der Waals surface area contributed by atoms with Gasteiger partial charge in [-0.1, -0.05) is 0 Å². The molecule has 2 saturated heterocycles. The molecule has 1 aliphatic carbocycles. The summed E-state index contributed by atoms with van der Waals surface area (Å²) < 4.78 is 32.4. The first-order chi connectivity index (χ1) is 14.6. The number of halogens is 2. The highest BCUT2D eigenvalue weighted by molar-refractivity contribution is 5.94. The van der Waals surface area contributed by atoms with Crippen molar-refractivity contribution >= 4 is 23.4 Å². The Labute approximate surface area is 177 Å². The molecular weight excluding hydrogens is 412 g/mol. The van der Waals surface area contributed by atoms with Crippen LogP contribution in [0.5, 0.6) is 5.88 Å². The number of alkyl halides is 2. The van der Waals surface area contributed by atoms with Gasteiger partial charge in [-0.3, -0.25) is 14.4 Å². The number of piperidine rings is 1. The van der Waals surface area contributed by atoms with Crippen molar-refractivity contribution in [3.05, 3.63) is 17.8 Å². The summed E-state index contributed by atoms with van der Waals surface area (Å²) in [5.74, 6) is -3.74. The third kappa shape index (κ3) is 5.02. The quantitative estimate of drug-likeness (QED) is 0.546. The number of primary amides is 1. The van der Waals surface area contributed by atoms with Crippen LogP contribution in [-0.4, -0.2) is 60.4 Å². The Morgan fingerprint density at radius 1 is 1.32 bits per heavy atom. The summed E-state index contributed by atoms with van der Waals surface area (Å²) in [6.45, 7) is -0.160. The summed E-state index contributed by atoms with van der Waals surface area (Å²) in [7, 11) is 0. The molecule has 9 nitrogen and oxygen atoms in total. The zero-order valence-electron chi connectivity index (χ0n) is 17.0. The number of amides is 3. The Hall–Kier alpha value is -2.98. The highest BCUT2D eigenvalue weighted by atomic mass is 19.3. The van der Waals surface area contributed by atoms with Gasteiger partial charge >= 0.3 is 0 Å². The summed E-state index contributed by atoms with van der Waals surface area (Å²) in [4.78, 5) is 42.1. The van der Waals surface area contributed by atoms with Crippen LogP contribution in [0, 0.1) is 5.92 Å². The van der Waals surface area contributed by atoms with E-state index in [1.807, 2.05) is 0 Å². The molecule has 1 unspecified atom stereocenters. The van der Waals surface area contributed by atoms with E-state index in [0.29, 0.717) is 31.2 Å². The number of pyridine rings is 1. The van der Waals surface area contributed by atoms with Crippen LogP contribution in [0.2, 0.25) is 0 Å². The van der Waals surface area contributed by atoms with Gasteiger partial charge in [-0.15, -0.1) is 0 Å². The zero-order chi connectivity index (χ0) is 22.2. The van der Waals surface area contributed by atoms with Crippen LogP contribution in [0.15, 0.2) is 12.1 Å². The van der Waals surface area contributed by atoms with Gasteiger partial charge < -0.3 is 26.0 Å². The largest absolute Gasteiger partial charge is 0.476 e. The van der Waals surface area contributed by atoms with Crippen LogP contribution in [-0.2, 0) is 9.59 Å². The molecule has 4 rings (SSSR count). The highest BCUT2D eigenvalue weighted by Crippen LogP contribution is 2.38. The number of anilines is 1. The third-order valence-corrected chi connectivity index (χ3v) is 5.73. The first kappa shape index (κ1) is 21.3. The molecule has 3 aliphatic rings. The molecule has 0 aromatic carbocycles. The first-order valence-corrected chi connectivity index (χ1v) is 10.3. The van der Waals surface area contributed by atoms with Crippen molar-refractivity contribution < 1.29 is 27.9 Å². The lowest BCUT2D eigenvalue weighted by molar-refractivity contribution is -0.125. The molecule has 0 radical (unpaired) electrons. The van der Waals surface area contributed by atoms with Crippen LogP contribution in [0.25, 0.3) is 0 Å². The van der Waals surface area contributed by atoms with E-state index < -0.39 is 36.4 Å². The molecule has 11 heteroatoms. The minimum absolute atomic E-state index is 0.0108. The first-order valence-electron chi connectivity index (χ1n) is 10.3. The molecular formula is C20H25F2N5O4. The minimum atomic E-state index is -2.76. The fourth-order valence-electron chi connectivity index (χ4n) is 3.91. The number of hydrogen-bond donors (Lipinski definition) is 3. The van der Waals surface area contributed by atoms with Crippen LogP contribution < -0.4 is 26.0 Å². The number of rotatable bonds is 8. The van der Waals surface area contributed by atoms with E-state index in [9.17, 15) is 23.2 Å². The van der Waals surface area contributed by atoms with Crippen molar-refractivity contribution in [3.8, 4) is 5.88 Å². The SMILES string of the molecule is NC(=O)CC1(NC(=O)c2ccc(N3CC(F)(F)C3)c(OCC3CC3)n2)CCNC(=O)C1. The van der Waals surface area contributed by atoms with Crippen molar-refractivity contribution in [1.82, 2.24) is 15.6 Å². The van der Waals surface area contributed by atoms with Gasteiger partial charge in [0.05, 0.1) is 38.1 Å². The summed E-state index contributed by atoms with van der Waals surface area (Å²) in [6, 6.07) is 2.96. The van der Waals surface area contributed by atoms with Crippen LogP contribution in [0.3, 0.4) is 0 Å². The van der Waals surface area contributed by atoms with E-state index in [2.05, 4.69) is 15.6 Å². The number of carbonyl (C=O) groups is 3. The molecule has 1 aromatic heterocycles. The predicted molar refractivity (Wildman–Crippen MR) is 106 cm³/mol. The van der Waals surface area contributed by atoms with Gasteiger partial charge in [-0.2, -0.15) is 0 Å². The average Bonchev–Trinajstić information content (AvgIpc) is 3.47. The number of nitrogens with two attached hydrogens (primary N) is 1. The Bertz CT molecular complexity index is 896. The average molecular weight is 437 g/mol. The fraction of sp³-hybridized carbons (Fsp3) is 0.600. The van der Waals surface area contributed by atoms with Gasteiger partial charge in [0.25, 0.3) is 11.8 Å². The smallest absolute Gasteiger partial charge is 0.282 e. The van der Waals surface area contributed by atoms with Crippen LogP contribution in [0.1, 0.15) is 42.6 Å². The van der Waals surface area contributed by atoms with Gasteiger partial charge in [-0.25, -0.2) is 13.8 Å². The third-order valence-electron chi connectivity index (χ3n) is 5.73. The van der Waals surface area contributed by atoms with Gasteiger partial charge in [0.15, 0.2) is 0 Å². The summed E-state index contributed by atoms with van der Waals surface area (Å²) in [5, 5.41) is 5.41. The highest BCUT2D eigenvalue weighted by Gasteiger charge is 2.45. The molecule has 3 heterocycles. The number of aromatic nitrogens is 1. The van der Waals surface area contributed by atoms with Gasteiger partial charge in [-0.05, 0) is 37.3 Å². The lowest BCUT2D eigenvalue weighted by Crippen LogP contribution is -2.58. The van der Waals surface area contributed by atoms with E-state index in [0.717, 1.165) is 12.8 Å². The van der Waals surface area contributed by atoms with Crippen molar-refractivity contribution in [1.29, 1.82) is 0 Å². The molecule has 0 bridgehead atoms. The second-order valence-electron chi connectivity index (χ2n) is 8.64. The number of hydrogen-bond acceptors (Lipinski definition) is 6. The lowest BCUT2D eigenvalue weighted by Gasteiger charge is -2.40. The molecule has 31 heavy (non-hydrogen) atoms. The topological polar surface area (TPSA) is 127 Å². The zero-order valence-corrected chi connectivity index (χ0v) is 17.0. The van der Waals surface area contributed by atoms with Crippen molar-refractivity contribution in [2.24, 2.45) is 11.7 Å². The maximum Gasteiger partial charge on any atom is 0.282 e. The Kier molecular flexibility index (Phi) is 5.44. The van der Waals surface area contributed by atoms with Crippen LogP contribution in [0.4, 0.5) is 14.5 Å². The molecule has 4 N–H and O–H groups in total. The lowest BCUT2D eigenvalue weighted by atomic mass is 9.84. The fourth-order valence-corrected chi connectivity index (χ4v) is 3.91. The van der Waals surface area contributed by atoms with Crippen LogP contribution >= 0.6 is 0 Å². The standard InChI is InChI=1S/C20H25F2N5O4/c21-20(22)10-27(11-20)14-4-3-13(25-18(14)31-9-12-1-2-12)17(30)26-19(7-15(23)28)5-6-24-16(29)8-19/h3-4,12H,1-2,5-11H2,(H2,23,28)(H,24,29)(H,26,30). The summed E-state index contributed by atoms with van der Waals surface area (Å²) in [5.41, 5.74) is 4.66. The van der Waals surface area contributed by atoms with E-state index in [1.54, 1.807) is 0 Å². The minimum Gasteiger partial charge on any atom is -0.476 e. The molecule has 1 atom stereocenters. The number of nitrogens with zero attached hydrogens (tertiary/aromatic N) is 2. The molecule has 1 saturated carbocycles. The monoisotopic (exact) mass is 437 g/mol. The molecule has 3 fully saturated rings. The number of nitrogens with one attached hydrogen (secondary N) is 2.